The van der Waals surface area contributed by atoms with E-state index in [2.05, 4.69) is 4.98 Å². The third-order valence-corrected chi connectivity index (χ3v) is 3.75. The Bertz CT molecular complexity index is 531. The highest BCUT2D eigenvalue weighted by Gasteiger charge is 2.09. The molecule has 1 heterocycles. The van der Waals surface area contributed by atoms with Gasteiger partial charge in [-0.2, -0.15) is 0 Å². The predicted molar refractivity (Wildman–Crippen MR) is 71.2 cm³/mol. The van der Waals surface area contributed by atoms with Crippen molar-refractivity contribution in [3.63, 3.8) is 0 Å². The smallest absolute Gasteiger partial charge is 0.180 e. The highest BCUT2D eigenvalue weighted by Crippen LogP contribution is 2.31. The normalized spacial score (nSPS) is 12.4. The molecule has 2 aromatic rings. The number of carbonyl (C=O) groups excluding carboxylic acids is 1. The molecule has 4 heteroatoms. The lowest BCUT2D eigenvalue weighted by Gasteiger charge is -2.05. The topological polar surface area (TPSA) is 56.0 Å². The summed E-state index contributed by atoms with van der Waals surface area (Å²) in [6.45, 7) is 3.84. The average molecular weight is 246 g/mol. The van der Waals surface area contributed by atoms with Crippen LogP contribution in [0.4, 0.5) is 5.13 Å². The molecule has 0 fully saturated rings. The number of hydrogen-bond acceptors (Lipinski definition) is 4. The van der Waals surface area contributed by atoms with Gasteiger partial charge in [0.2, 0.25) is 0 Å². The molecule has 1 unspecified atom stereocenters. The van der Waals surface area contributed by atoms with Crippen LogP contribution >= 0.6 is 11.3 Å². The molecule has 1 aromatic carbocycles. The zero-order valence-corrected chi connectivity index (χ0v) is 10.6. The van der Waals surface area contributed by atoms with Crippen LogP contribution in [0.25, 0.3) is 10.4 Å². The van der Waals surface area contributed by atoms with Gasteiger partial charge in [-0.25, -0.2) is 4.98 Å². The van der Waals surface area contributed by atoms with Crippen LogP contribution in [0.3, 0.4) is 0 Å². The Morgan fingerprint density at radius 2 is 2.00 bits per heavy atom. The summed E-state index contributed by atoms with van der Waals surface area (Å²) in [5.74, 6) is -0.0586. The summed E-state index contributed by atoms with van der Waals surface area (Å²) in [7, 11) is 0. The lowest BCUT2D eigenvalue weighted by Crippen LogP contribution is -1.93. The van der Waals surface area contributed by atoms with Crippen LogP contribution in [0.5, 0.6) is 0 Å². The number of aromatic nitrogens is 1. The minimum absolute atomic E-state index is 0.0586. The molecular weight excluding hydrogens is 232 g/mol. The number of benzene rings is 1. The number of nitrogen functional groups attached to an aromatic ring is 1. The monoisotopic (exact) mass is 246 g/mol. The van der Waals surface area contributed by atoms with Crippen LogP contribution in [0.1, 0.15) is 24.1 Å². The zero-order chi connectivity index (χ0) is 12.4. The van der Waals surface area contributed by atoms with Crippen molar-refractivity contribution in [2.75, 3.05) is 5.73 Å². The van der Waals surface area contributed by atoms with Crippen LogP contribution < -0.4 is 5.73 Å². The van der Waals surface area contributed by atoms with Crippen molar-refractivity contribution < 1.29 is 4.79 Å². The first-order chi connectivity index (χ1) is 8.11. The number of thiazole rings is 1. The molecule has 0 aliphatic heterocycles. The third kappa shape index (κ3) is 2.36. The molecule has 0 amide bonds. The summed E-state index contributed by atoms with van der Waals surface area (Å²) in [6, 6.07) is 7.97. The van der Waals surface area contributed by atoms with Crippen molar-refractivity contribution in [2.24, 2.45) is 0 Å². The molecule has 0 saturated heterocycles. The first-order valence-corrected chi connectivity index (χ1v) is 6.22. The summed E-state index contributed by atoms with van der Waals surface area (Å²) in [6.07, 6.45) is 0.949. The molecule has 1 atom stereocenters. The number of nitrogens with two attached hydrogens (primary N) is 1. The second-order valence-electron chi connectivity index (χ2n) is 4.01. The highest BCUT2D eigenvalue weighted by atomic mass is 32.1. The summed E-state index contributed by atoms with van der Waals surface area (Å²) in [4.78, 5) is 16.0. The van der Waals surface area contributed by atoms with E-state index in [1.807, 2.05) is 38.1 Å². The Morgan fingerprint density at radius 3 is 2.47 bits per heavy atom. The summed E-state index contributed by atoms with van der Waals surface area (Å²) in [5.41, 5.74) is 8.75. The SMILES string of the molecule is Cc1nc(N)sc1-c1ccc(C(C)C=O)cc1. The van der Waals surface area contributed by atoms with Gasteiger partial charge >= 0.3 is 0 Å². The Hall–Kier alpha value is -1.68. The van der Waals surface area contributed by atoms with Gasteiger partial charge in [-0.1, -0.05) is 42.5 Å². The molecule has 2 rings (SSSR count). The number of hydrogen-bond donors (Lipinski definition) is 1. The zero-order valence-electron chi connectivity index (χ0n) is 9.81. The van der Waals surface area contributed by atoms with E-state index in [9.17, 15) is 4.79 Å². The largest absolute Gasteiger partial charge is 0.375 e. The average Bonchev–Trinajstić information content (AvgIpc) is 2.68. The van der Waals surface area contributed by atoms with Crippen molar-refractivity contribution in [3.8, 4) is 10.4 Å². The summed E-state index contributed by atoms with van der Waals surface area (Å²) >= 11 is 1.48. The number of carbonyl (C=O) groups is 1. The first kappa shape index (κ1) is 11.8. The molecule has 0 saturated carbocycles. The molecule has 2 N–H and O–H groups in total. The lowest BCUT2D eigenvalue weighted by atomic mass is 10.0. The Labute approximate surface area is 104 Å². The number of anilines is 1. The standard InChI is InChI=1S/C13H14N2OS/c1-8(7-16)10-3-5-11(6-4-10)12-9(2)15-13(14)17-12/h3-8H,1-2H3,(H2,14,15). The van der Waals surface area contributed by atoms with Gasteiger partial charge in [0.15, 0.2) is 5.13 Å². The molecule has 0 radical (unpaired) electrons. The van der Waals surface area contributed by atoms with E-state index in [1.165, 1.54) is 11.3 Å². The van der Waals surface area contributed by atoms with Gasteiger partial charge in [-0.05, 0) is 18.1 Å². The maximum absolute atomic E-state index is 10.7. The van der Waals surface area contributed by atoms with Crippen molar-refractivity contribution in [1.82, 2.24) is 4.98 Å². The first-order valence-electron chi connectivity index (χ1n) is 5.40. The minimum atomic E-state index is -0.0586. The maximum atomic E-state index is 10.7. The predicted octanol–water partition coefficient (Wildman–Crippen LogP) is 3.00. The van der Waals surface area contributed by atoms with E-state index in [-0.39, 0.29) is 5.92 Å². The van der Waals surface area contributed by atoms with Crippen LogP contribution in [0.2, 0.25) is 0 Å². The van der Waals surface area contributed by atoms with E-state index in [0.29, 0.717) is 5.13 Å². The van der Waals surface area contributed by atoms with Crippen molar-refractivity contribution in [3.05, 3.63) is 35.5 Å². The molecule has 1 aromatic heterocycles. The van der Waals surface area contributed by atoms with Crippen molar-refractivity contribution in [1.29, 1.82) is 0 Å². The number of rotatable bonds is 3. The van der Waals surface area contributed by atoms with E-state index in [1.54, 1.807) is 0 Å². The molecule has 0 aliphatic carbocycles. The summed E-state index contributed by atoms with van der Waals surface area (Å²) in [5, 5.41) is 0.586. The van der Waals surface area contributed by atoms with Crippen LogP contribution in [0, 0.1) is 6.92 Å². The van der Waals surface area contributed by atoms with Crippen LogP contribution in [-0.2, 0) is 4.79 Å². The molecule has 0 spiro atoms. The Balaban J connectivity index is 2.35. The van der Waals surface area contributed by atoms with E-state index in [4.69, 9.17) is 5.73 Å². The van der Waals surface area contributed by atoms with Crippen LogP contribution in [0.15, 0.2) is 24.3 Å². The lowest BCUT2D eigenvalue weighted by molar-refractivity contribution is -0.108. The quantitative estimate of drug-likeness (QED) is 0.847. The minimum Gasteiger partial charge on any atom is -0.375 e. The molecule has 0 bridgehead atoms. The van der Waals surface area contributed by atoms with Gasteiger partial charge in [0, 0.05) is 5.92 Å². The van der Waals surface area contributed by atoms with Gasteiger partial charge in [0.25, 0.3) is 0 Å². The molecule has 88 valence electrons. The molecule has 3 nitrogen and oxygen atoms in total. The molecule has 0 aliphatic rings. The van der Waals surface area contributed by atoms with Gasteiger partial charge in [0.1, 0.15) is 6.29 Å². The van der Waals surface area contributed by atoms with Crippen molar-refractivity contribution >= 4 is 22.8 Å². The van der Waals surface area contributed by atoms with Gasteiger partial charge < -0.3 is 10.5 Å². The Kier molecular flexibility index (Phi) is 3.24. The number of nitrogens with zero attached hydrogens (tertiary/aromatic N) is 1. The Morgan fingerprint density at radius 1 is 1.35 bits per heavy atom. The summed E-state index contributed by atoms with van der Waals surface area (Å²) < 4.78 is 0. The fraction of sp³-hybridized carbons (Fsp3) is 0.231. The van der Waals surface area contributed by atoms with E-state index in [0.717, 1.165) is 28.0 Å². The van der Waals surface area contributed by atoms with Crippen molar-refractivity contribution in [2.45, 2.75) is 19.8 Å². The highest BCUT2D eigenvalue weighted by molar-refractivity contribution is 7.18. The van der Waals surface area contributed by atoms with Gasteiger partial charge in [-0.15, -0.1) is 0 Å². The fourth-order valence-electron chi connectivity index (χ4n) is 1.70. The number of aldehydes is 1. The van der Waals surface area contributed by atoms with E-state index < -0.39 is 0 Å². The second kappa shape index (κ2) is 4.67. The molecule has 17 heavy (non-hydrogen) atoms. The van der Waals surface area contributed by atoms with E-state index >= 15 is 0 Å². The maximum Gasteiger partial charge on any atom is 0.180 e. The fourth-order valence-corrected chi connectivity index (χ4v) is 2.54. The van der Waals surface area contributed by atoms with Gasteiger partial charge in [0.05, 0.1) is 10.6 Å². The molecular formula is C13H14N2OS. The van der Waals surface area contributed by atoms with Crippen LogP contribution in [-0.4, -0.2) is 11.3 Å². The van der Waals surface area contributed by atoms with Gasteiger partial charge in [-0.3, -0.25) is 0 Å². The number of aryl methyl sites for hydroxylation is 1. The second-order valence-corrected chi connectivity index (χ2v) is 5.04. The third-order valence-electron chi connectivity index (χ3n) is 2.72.